The highest BCUT2D eigenvalue weighted by Gasteiger charge is 2.48. The third-order valence-corrected chi connectivity index (χ3v) is 4.30. The molecule has 0 unspecified atom stereocenters. The molecule has 0 fully saturated rings. The summed E-state index contributed by atoms with van der Waals surface area (Å²) in [5.74, 6) is -1.72. The second kappa shape index (κ2) is 6.48. The first-order valence-corrected chi connectivity index (χ1v) is 7.94. The number of amides is 1. The Kier molecular flexibility index (Phi) is 4.48. The first-order chi connectivity index (χ1) is 12.2. The molecule has 1 N–H and O–H groups in total. The van der Waals surface area contributed by atoms with Gasteiger partial charge in [-0.1, -0.05) is 48.5 Å². The molecule has 2 aromatic rings. The number of fused-ring (bicyclic) bond motifs is 1. The summed E-state index contributed by atoms with van der Waals surface area (Å²) in [6, 6.07) is 11.4. The van der Waals surface area contributed by atoms with E-state index in [1.54, 1.807) is 30.3 Å². The molecule has 0 aromatic heterocycles. The van der Waals surface area contributed by atoms with Crippen molar-refractivity contribution in [3.63, 3.8) is 0 Å². The number of hydrogen-bond acceptors (Lipinski definition) is 3. The number of benzene rings is 2. The SMILES string of the molecule is C[C@@]1(C(=O)N[C@@H](c2ccccc2)C(F)(F)F)Cc2ccccc2C(=O)O1. The van der Waals surface area contributed by atoms with Gasteiger partial charge >= 0.3 is 12.1 Å². The van der Waals surface area contributed by atoms with Gasteiger partial charge in [-0.15, -0.1) is 0 Å². The first kappa shape index (κ1) is 18.0. The first-order valence-electron chi connectivity index (χ1n) is 7.94. The van der Waals surface area contributed by atoms with Gasteiger partial charge < -0.3 is 10.1 Å². The van der Waals surface area contributed by atoms with Gasteiger partial charge in [-0.2, -0.15) is 13.2 Å². The molecular weight excluding hydrogens is 347 g/mol. The van der Waals surface area contributed by atoms with E-state index >= 15 is 0 Å². The molecular formula is C19H16F3NO3. The van der Waals surface area contributed by atoms with Crippen LogP contribution in [0.25, 0.3) is 0 Å². The van der Waals surface area contributed by atoms with Gasteiger partial charge in [0.05, 0.1) is 5.56 Å². The van der Waals surface area contributed by atoms with Gasteiger partial charge in [0.25, 0.3) is 5.91 Å². The maximum absolute atomic E-state index is 13.5. The third kappa shape index (κ3) is 3.42. The molecule has 3 rings (SSSR count). The van der Waals surface area contributed by atoms with E-state index < -0.39 is 29.7 Å². The van der Waals surface area contributed by atoms with Crippen LogP contribution in [0.5, 0.6) is 0 Å². The third-order valence-electron chi connectivity index (χ3n) is 4.30. The van der Waals surface area contributed by atoms with Crippen LogP contribution >= 0.6 is 0 Å². The minimum atomic E-state index is -4.69. The molecule has 0 saturated carbocycles. The molecule has 4 nitrogen and oxygen atoms in total. The lowest BCUT2D eigenvalue weighted by atomic mass is 9.89. The van der Waals surface area contributed by atoms with Crippen LogP contribution in [-0.4, -0.2) is 23.7 Å². The van der Waals surface area contributed by atoms with Crippen molar-refractivity contribution in [3.8, 4) is 0 Å². The molecule has 2 aromatic carbocycles. The van der Waals surface area contributed by atoms with Gasteiger partial charge in [-0.05, 0) is 24.1 Å². The molecule has 1 aliphatic rings. The van der Waals surface area contributed by atoms with E-state index in [1.807, 2.05) is 5.32 Å². The summed E-state index contributed by atoms with van der Waals surface area (Å²) in [7, 11) is 0. The van der Waals surface area contributed by atoms with Crippen LogP contribution in [0.1, 0.15) is 34.5 Å². The molecule has 0 bridgehead atoms. The van der Waals surface area contributed by atoms with E-state index in [9.17, 15) is 22.8 Å². The minimum Gasteiger partial charge on any atom is -0.445 e. The zero-order chi connectivity index (χ0) is 18.9. The molecule has 2 atom stereocenters. The van der Waals surface area contributed by atoms with E-state index in [-0.39, 0.29) is 12.0 Å². The normalized spacial score (nSPS) is 20.7. The number of hydrogen-bond donors (Lipinski definition) is 1. The highest BCUT2D eigenvalue weighted by atomic mass is 19.4. The highest BCUT2D eigenvalue weighted by molar-refractivity contribution is 5.97. The van der Waals surface area contributed by atoms with Crippen molar-refractivity contribution in [1.29, 1.82) is 0 Å². The van der Waals surface area contributed by atoms with Crippen molar-refractivity contribution in [3.05, 3.63) is 71.3 Å². The number of carbonyl (C=O) groups excluding carboxylic acids is 2. The fraction of sp³-hybridized carbons (Fsp3) is 0.263. The standard InChI is InChI=1S/C19H16F3NO3/c1-18(11-13-9-5-6-10-14(13)16(24)26-18)17(25)23-15(19(20,21)22)12-7-3-2-4-8-12/h2-10,15H,11H2,1H3,(H,23,25)/t15-,18-/m0/s1. The van der Waals surface area contributed by atoms with Crippen LogP contribution in [0.4, 0.5) is 13.2 Å². The molecule has 0 saturated heterocycles. The summed E-state index contributed by atoms with van der Waals surface area (Å²) in [5.41, 5.74) is -0.943. The fourth-order valence-electron chi connectivity index (χ4n) is 2.94. The van der Waals surface area contributed by atoms with Gasteiger partial charge in [0.2, 0.25) is 0 Å². The number of carbonyl (C=O) groups is 2. The summed E-state index contributed by atoms with van der Waals surface area (Å²) < 4.78 is 45.5. The number of cyclic esters (lactones) is 1. The van der Waals surface area contributed by atoms with Crippen molar-refractivity contribution >= 4 is 11.9 Å². The summed E-state index contributed by atoms with van der Waals surface area (Å²) in [5, 5.41) is 1.99. The molecule has 0 aliphatic carbocycles. The lowest BCUT2D eigenvalue weighted by molar-refractivity contribution is -0.169. The predicted octanol–water partition coefficient (Wildman–Crippen LogP) is 3.58. The Labute approximate surface area is 148 Å². The number of rotatable bonds is 3. The average molecular weight is 363 g/mol. The summed E-state index contributed by atoms with van der Waals surface area (Å²) in [4.78, 5) is 24.8. The van der Waals surface area contributed by atoms with Crippen LogP contribution < -0.4 is 5.32 Å². The minimum absolute atomic E-state index is 0.000113. The molecule has 0 spiro atoms. The summed E-state index contributed by atoms with van der Waals surface area (Å²) >= 11 is 0. The largest absolute Gasteiger partial charge is 0.445 e. The van der Waals surface area contributed by atoms with E-state index in [2.05, 4.69) is 0 Å². The smallest absolute Gasteiger partial charge is 0.412 e. The summed E-state index contributed by atoms with van der Waals surface area (Å²) in [6.45, 7) is 1.31. The van der Waals surface area contributed by atoms with Crippen LogP contribution in [-0.2, 0) is 16.0 Å². The Morgan fingerprint density at radius 3 is 2.38 bits per heavy atom. The molecule has 7 heteroatoms. The second-order valence-electron chi connectivity index (χ2n) is 6.31. The maximum Gasteiger partial charge on any atom is 0.412 e. The number of ether oxygens (including phenoxy) is 1. The van der Waals surface area contributed by atoms with Gasteiger partial charge in [0.1, 0.15) is 0 Å². The second-order valence-corrected chi connectivity index (χ2v) is 6.31. The molecule has 26 heavy (non-hydrogen) atoms. The number of halogens is 3. The van der Waals surface area contributed by atoms with Crippen molar-refractivity contribution in [2.75, 3.05) is 0 Å². The zero-order valence-electron chi connectivity index (χ0n) is 13.8. The van der Waals surface area contributed by atoms with Crippen molar-refractivity contribution in [2.24, 2.45) is 0 Å². The fourth-order valence-corrected chi connectivity index (χ4v) is 2.94. The van der Waals surface area contributed by atoms with E-state index in [0.717, 1.165) is 0 Å². The maximum atomic E-state index is 13.5. The Hall–Kier alpha value is -2.83. The van der Waals surface area contributed by atoms with E-state index in [0.29, 0.717) is 11.1 Å². The molecule has 1 aliphatic heterocycles. The lowest BCUT2D eigenvalue weighted by Crippen LogP contribution is -2.54. The number of alkyl halides is 3. The average Bonchev–Trinajstić information content (AvgIpc) is 2.59. The van der Waals surface area contributed by atoms with Crippen LogP contribution in [0, 0.1) is 0 Å². The predicted molar refractivity (Wildman–Crippen MR) is 87.3 cm³/mol. The van der Waals surface area contributed by atoms with Gasteiger partial charge in [-0.3, -0.25) is 4.79 Å². The van der Waals surface area contributed by atoms with Gasteiger partial charge in [-0.25, -0.2) is 4.79 Å². The Morgan fingerprint density at radius 1 is 1.12 bits per heavy atom. The zero-order valence-corrected chi connectivity index (χ0v) is 13.8. The quantitative estimate of drug-likeness (QED) is 0.848. The lowest BCUT2D eigenvalue weighted by Gasteiger charge is -2.34. The molecule has 1 heterocycles. The van der Waals surface area contributed by atoms with Gasteiger partial charge in [0.15, 0.2) is 11.6 Å². The highest BCUT2D eigenvalue weighted by Crippen LogP contribution is 2.34. The summed E-state index contributed by atoms with van der Waals surface area (Å²) in [6.07, 6.45) is -4.69. The Balaban J connectivity index is 1.87. The van der Waals surface area contributed by atoms with Crippen LogP contribution in [0.3, 0.4) is 0 Å². The molecule has 0 radical (unpaired) electrons. The van der Waals surface area contributed by atoms with Crippen LogP contribution in [0.15, 0.2) is 54.6 Å². The van der Waals surface area contributed by atoms with Crippen molar-refractivity contribution < 1.29 is 27.5 Å². The molecule has 1 amide bonds. The Bertz CT molecular complexity index is 835. The van der Waals surface area contributed by atoms with Gasteiger partial charge in [0, 0.05) is 6.42 Å². The number of esters is 1. The monoisotopic (exact) mass is 363 g/mol. The van der Waals surface area contributed by atoms with Crippen molar-refractivity contribution in [2.45, 2.75) is 31.2 Å². The van der Waals surface area contributed by atoms with Crippen LogP contribution in [0.2, 0.25) is 0 Å². The Morgan fingerprint density at radius 2 is 1.73 bits per heavy atom. The van der Waals surface area contributed by atoms with E-state index in [4.69, 9.17) is 4.74 Å². The topological polar surface area (TPSA) is 55.4 Å². The molecule has 136 valence electrons. The number of nitrogens with one attached hydrogen (secondary N) is 1. The van der Waals surface area contributed by atoms with Crippen molar-refractivity contribution in [1.82, 2.24) is 5.32 Å². The van der Waals surface area contributed by atoms with E-state index in [1.165, 1.54) is 31.2 Å².